The quantitative estimate of drug-likeness (QED) is 0.816. The molecule has 1 aromatic carbocycles. The van der Waals surface area contributed by atoms with Crippen LogP contribution in [0.1, 0.15) is 29.8 Å². The van der Waals surface area contributed by atoms with E-state index in [-0.39, 0.29) is 24.7 Å². The van der Waals surface area contributed by atoms with E-state index in [2.05, 4.69) is 10.0 Å². The molecule has 1 heterocycles. The molecule has 0 radical (unpaired) electrons. The minimum absolute atomic E-state index is 0.132. The Morgan fingerprint density at radius 2 is 1.96 bits per heavy atom. The maximum Gasteiger partial charge on any atom is 0.279 e. The zero-order valence-electron chi connectivity index (χ0n) is 13.6. The molecule has 0 aliphatic carbocycles. The van der Waals surface area contributed by atoms with Crippen molar-refractivity contribution in [2.24, 2.45) is 0 Å². The van der Waals surface area contributed by atoms with Gasteiger partial charge in [0.1, 0.15) is 0 Å². The van der Waals surface area contributed by atoms with E-state index < -0.39 is 10.2 Å². The SMILES string of the molecule is CNC(=O)c1cccc(CNS(=O)(=O)N2C[C@@H](C)O[C@@H](C)C2)c1. The Kier molecular flexibility index (Phi) is 5.74. The van der Waals surface area contributed by atoms with E-state index >= 15 is 0 Å². The van der Waals surface area contributed by atoms with Crippen LogP contribution in [0.4, 0.5) is 0 Å². The van der Waals surface area contributed by atoms with Crippen LogP contribution in [0.3, 0.4) is 0 Å². The van der Waals surface area contributed by atoms with Gasteiger partial charge in [-0.05, 0) is 31.5 Å². The molecule has 1 aliphatic rings. The molecule has 0 unspecified atom stereocenters. The molecule has 0 saturated carbocycles. The predicted molar refractivity (Wildman–Crippen MR) is 87.2 cm³/mol. The highest BCUT2D eigenvalue weighted by molar-refractivity contribution is 7.87. The van der Waals surface area contributed by atoms with Crippen molar-refractivity contribution in [3.8, 4) is 0 Å². The maximum absolute atomic E-state index is 12.4. The fraction of sp³-hybridized carbons (Fsp3) is 0.533. The molecule has 1 fully saturated rings. The first kappa shape index (κ1) is 17.9. The van der Waals surface area contributed by atoms with Crippen LogP contribution < -0.4 is 10.0 Å². The molecule has 23 heavy (non-hydrogen) atoms. The number of benzene rings is 1. The number of nitrogens with zero attached hydrogens (tertiary/aromatic N) is 1. The van der Waals surface area contributed by atoms with Gasteiger partial charge in [0.2, 0.25) is 0 Å². The fourth-order valence-corrected chi connectivity index (χ4v) is 3.90. The van der Waals surface area contributed by atoms with Crippen LogP contribution >= 0.6 is 0 Å². The zero-order valence-corrected chi connectivity index (χ0v) is 14.4. The van der Waals surface area contributed by atoms with Crippen molar-refractivity contribution in [2.75, 3.05) is 20.1 Å². The van der Waals surface area contributed by atoms with Crippen molar-refractivity contribution >= 4 is 16.1 Å². The highest BCUT2D eigenvalue weighted by atomic mass is 32.2. The molecule has 0 spiro atoms. The average Bonchev–Trinajstić information content (AvgIpc) is 2.51. The summed E-state index contributed by atoms with van der Waals surface area (Å²) >= 11 is 0. The van der Waals surface area contributed by atoms with E-state index in [4.69, 9.17) is 4.74 Å². The second-order valence-electron chi connectivity index (χ2n) is 5.68. The van der Waals surface area contributed by atoms with Crippen LogP contribution in [-0.2, 0) is 21.5 Å². The van der Waals surface area contributed by atoms with Gasteiger partial charge in [0.05, 0.1) is 12.2 Å². The number of carbonyl (C=O) groups is 1. The van der Waals surface area contributed by atoms with Gasteiger partial charge in [-0.1, -0.05) is 12.1 Å². The number of rotatable bonds is 5. The van der Waals surface area contributed by atoms with Gasteiger partial charge in [0, 0.05) is 32.2 Å². The molecule has 1 saturated heterocycles. The average molecular weight is 341 g/mol. The summed E-state index contributed by atoms with van der Waals surface area (Å²) in [6, 6.07) is 6.86. The zero-order chi connectivity index (χ0) is 17.0. The maximum atomic E-state index is 12.4. The van der Waals surface area contributed by atoms with Gasteiger partial charge >= 0.3 is 0 Å². The van der Waals surface area contributed by atoms with Crippen molar-refractivity contribution in [2.45, 2.75) is 32.6 Å². The van der Waals surface area contributed by atoms with Gasteiger partial charge in [0.15, 0.2) is 0 Å². The van der Waals surface area contributed by atoms with E-state index in [1.165, 1.54) is 4.31 Å². The summed E-state index contributed by atoms with van der Waals surface area (Å²) in [5.74, 6) is -0.203. The van der Waals surface area contributed by atoms with E-state index in [1.807, 2.05) is 13.8 Å². The van der Waals surface area contributed by atoms with Gasteiger partial charge < -0.3 is 10.1 Å². The van der Waals surface area contributed by atoms with Crippen molar-refractivity contribution in [1.82, 2.24) is 14.3 Å². The highest BCUT2D eigenvalue weighted by Crippen LogP contribution is 2.14. The molecule has 1 amide bonds. The van der Waals surface area contributed by atoms with Gasteiger partial charge in [-0.2, -0.15) is 17.4 Å². The van der Waals surface area contributed by atoms with Gasteiger partial charge in [0.25, 0.3) is 16.1 Å². The van der Waals surface area contributed by atoms with Crippen LogP contribution in [0.5, 0.6) is 0 Å². The summed E-state index contributed by atoms with van der Waals surface area (Å²) in [6.45, 7) is 4.50. The highest BCUT2D eigenvalue weighted by Gasteiger charge is 2.30. The van der Waals surface area contributed by atoms with Crippen molar-refractivity contribution in [3.63, 3.8) is 0 Å². The molecular formula is C15H23N3O4S. The summed E-state index contributed by atoms with van der Waals surface area (Å²) in [4.78, 5) is 11.6. The van der Waals surface area contributed by atoms with Crippen LogP contribution in [0.25, 0.3) is 0 Å². The minimum atomic E-state index is -3.58. The molecular weight excluding hydrogens is 318 g/mol. The first-order valence-corrected chi connectivity index (χ1v) is 8.97. The van der Waals surface area contributed by atoms with Crippen molar-refractivity contribution in [1.29, 1.82) is 0 Å². The summed E-state index contributed by atoms with van der Waals surface area (Å²) in [5, 5.41) is 2.54. The lowest BCUT2D eigenvalue weighted by Crippen LogP contribution is -2.51. The van der Waals surface area contributed by atoms with Crippen molar-refractivity contribution < 1.29 is 17.9 Å². The number of morpholine rings is 1. The fourth-order valence-electron chi connectivity index (χ4n) is 2.56. The Bertz CT molecular complexity index is 652. The molecule has 0 aromatic heterocycles. The summed E-state index contributed by atoms with van der Waals surface area (Å²) in [7, 11) is -2.03. The minimum Gasteiger partial charge on any atom is -0.373 e. The van der Waals surface area contributed by atoms with Gasteiger partial charge in [-0.15, -0.1) is 0 Å². The van der Waals surface area contributed by atoms with Gasteiger partial charge in [-0.3, -0.25) is 4.79 Å². The molecule has 1 aromatic rings. The van der Waals surface area contributed by atoms with E-state index in [0.29, 0.717) is 18.7 Å². The van der Waals surface area contributed by atoms with E-state index in [1.54, 1.807) is 31.3 Å². The topological polar surface area (TPSA) is 87.7 Å². The third-order valence-electron chi connectivity index (χ3n) is 3.60. The second-order valence-corrected chi connectivity index (χ2v) is 7.44. The largest absolute Gasteiger partial charge is 0.373 e. The van der Waals surface area contributed by atoms with Crippen LogP contribution in [-0.4, -0.2) is 51.0 Å². The smallest absolute Gasteiger partial charge is 0.279 e. The first-order valence-electron chi connectivity index (χ1n) is 7.53. The third kappa shape index (κ3) is 4.74. The Balaban J connectivity index is 2.03. The Labute approximate surface area is 137 Å². The Morgan fingerprint density at radius 1 is 1.30 bits per heavy atom. The van der Waals surface area contributed by atoms with Crippen LogP contribution in [0, 0.1) is 0 Å². The molecule has 0 bridgehead atoms. The molecule has 2 atom stereocenters. The standard InChI is InChI=1S/C15H23N3O4S/c1-11-9-18(10-12(2)22-11)23(20,21)17-8-13-5-4-6-14(7-13)15(19)16-3/h4-7,11-12,17H,8-10H2,1-3H3,(H,16,19)/t11-,12+. The predicted octanol–water partition coefficient (Wildman–Crippen LogP) is 0.490. The monoisotopic (exact) mass is 341 g/mol. The van der Waals surface area contributed by atoms with Crippen LogP contribution in [0.2, 0.25) is 0 Å². The van der Waals surface area contributed by atoms with Crippen LogP contribution in [0.15, 0.2) is 24.3 Å². The summed E-state index contributed by atoms with van der Waals surface area (Å²) < 4.78 is 34.3. The Hall–Kier alpha value is -1.48. The molecule has 1 aliphatic heterocycles. The lowest BCUT2D eigenvalue weighted by Gasteiger charge is -2.34. The van der Waals surface area contributed by atoms with E-state index in [0.717, 1.165) is 5.56 Å². The number of ether oxygens (including phenoxy) is 1. The Morgan fingerprint density at radius 3 is 2.57 bits per heavy atom. The van der Waals surface area contributed by atoms with Gasteiger partial charge in [-0.25, -0.2) is 0 Å². The number of hydrogen-bond acceptors (Lipinski definition) is 4. The summed E-state index contributed by atoms with van der Waals surface area (Å²) in [6.07, 6.45) is -0.265. The summed E-state index contributed by atoms with van der Waals surface area (Å²) in [5.41, 5.74) is 1.22. The molecule has 7 nitrogen and oxygen atoms in total. The number of amides is 1. The van der Waals surface area contributed by atoms with Crippen molar-refractivity contribution in [3.05, 3.63) is 35.4 Å². The molecule has 8 heteroatoms. The third-order valence-corrected chi connectivity index (χ3v) is 5.09. The molecule has 128 valence electrons. The normalized spacial score (nSPS) is 22.7. The first-order chi connectivity index (χ1) is 10.8. The molecule has 2 N–H and O–H groups in total. The van der Waals surface area contributed by atoms with E-state index in [9.17, 15) is 13.2 Å². The molecule has 2 rings (SSSR count). The number of hydrogen-bond donors (Lipinski definition) is 2. The number of carbonyl (C=O) groups excluding carboxylic acids is 1. The number of nitrogens with one attached hydrogen (secondary N) is 2. The second kappa shape index (κ2) is 7.39. The lowest BCUT2D eigenvalue weighted by atomic mass is 10.1. The lowest BCUT2D eigenvalue weighted by molar-refractivity contribution is -0.0444.